The lowest BCUT2D eigenvalue weighted by atomic mass is 10.1. The van der Waals surface area contributed by atoms with Gasteiger partial charge >= 0.3 is 0 Å². The summed E-state index contributed by atoms with van der Waals surface area (Å²) in [6.45, 7) is 0.182. The average molecular weight is 423 g/mol. The van der Waals surface area contributed by atoms with Gasteiger partial charge in [-0.25, -0.2) is 13.8 Å². The Labute approximate surface area is 176 Å². The summed E-state index contributed by atoms with van der Waals surface area (Å²) in [6, 6.07) is 8.72. The van der Waals surface area contributed by atoms with Crippen LogP contribution in [0, 0.1) is 17.6 Å². The molecular formula is C22H19F2N5O2. The van der Waals surface area contributed by atoms with Gasteiger partial charge in [0.2, 0.25) is 0 Å². The minimum atomic E-state index is -0.786. The zero-order valence-corrected chi connectivity index (χ0v) is 16.6. The number of anilines is 1. The van der Waals surface area contributed by atoms with Gasteiger partial charge in [0.1, 0.15) is 17.7 Å². The number of carbonyl (C=O) groups is 2. The Hall–Kier alpha value is -3.62. The van der Waals surface area contributed by atoms with E-state index in [2.05, 4.69) is 15.4 Å². The van der Waals surface area contributed by atoms with Gasteiger partial charge in [-0.05, 0) is 47.6 Å². The maximum Gasteiger partial charge on any atom is 0.275 e. The SMILES string of the molecule is CN1C(=O)[C@H](NC(=O)c2nn(Cc3ccc(F)cc3)cc2F)[C@@H]2C[C@@H]2c2cccnc21. The number of halogens is 2. The molecule has 31 heavy (non-hydrogen) atoms. The van der Waals surface area contributed by atoms with Crippen LogP contribution in [0.4, 0.5) is 14.6 Å². The van der Waals surface area contributed by atoms with Crippen molar-refractivity contribution < 1.29 is 18.4 Å². The molecule has 1 aromatic carbocycles. The van der Waals surface area contributed by atoms with Crippen LogP contribution in [0.25, 0.3) is 0 Å². The molecule has 2 amide bonds. The molecule has 1 aliphatic heterocycles. The third kappa shape index (κ3) is 3.45. The standard InChI is InChI=1S/C22H19F2N5O2/c1-28-20-14(3-2-8-25-20)15-9-16(15)18(22(28)31)26-21(30)19-17(24)11-29(27-19)10-12-4-6-13(23)7-5-12/h2-8,11,15-16,18H,9-10H2,1H3,(H,26,30)/t15-,16-,18-/m1/s1. The molecule has 0 unspecified atom stereocenters. The lowest BCUT2D eigenvalue weighted by Gasteiger charge is -2.22. The molecule has 158 valence electrons. The van der Waals surface area contributed by atoms with Gasteiger partial charge in [0.05, 0.1) is 12.7 Å². The van der Waals surface area contributed by atoms with E-state index in [1.54, 1.807) is 25.4 Å². The molecule has 3 aromatic rings. The number of hydrogen-bond donors (Lipinski definition) is 1. The molecule has 1 saturated carbocycles. The number of amides is 2. The topological polar surface area (TPSA) is 80.1 Å². The van der Waals surface area contributed by atoms with Crippen molar-refractivity contribution in [1.82, 2.24) is 20.1 Å². The quantitative estimate of drug-likeness (QED) is 0.699. The molecule has 1 fully saturated rings. The Morgan fingerprint density at radius 1 is 1.23 bits per heavy atom. The zero-order chi connectivity index (χ0) is 21.7. The molecule has 1 aliphatic carbocycles. The lowest BCUT2D eigenvalue weighted by Crippen LogP contribution is -2.48. The van der Waals surface area contributed by atoms with Crippen LogP contribution >= 0.6 is 0 Å². The maximum absolute atomic E-state index is 14.4. The number of likely N-dealkylation sites (N-methyl/N-ethyl adjacent to an activating group) is 1. The molecule has 0 spiro atoms. The summed E-state index contributed by atoms with van der Waals surface area (Å²) >= 11 is 0. The molecule has 0 radical (unpaired) electrons. The summed E-state index contributed by atoms with van der Waals surface area (Å²) in [5, 5.41) is 6.72. The Morgan fingerprint density at radius 3 is 2.77 bits per heavy atom. The van der Waals surface area contributed by atoms with Crippen LogP contribution in [0.3, 0.4) is 0 Å². The van der Waals surface area contributed by atoms with E-state index in [-0.39, 0.29) is 35.8 Å². The minimum Gasteiger partial charge on any atom is -0.338 e. The van der Waals surface area contributed by atoms with E-state index < -0.39 is 17.8 Å². The van der Waals surface area contributed by atoms with Crippen molar-refractivity contribution >= 4 is 17.6 Å². The fourth-order valence-electron chi connectivity index (χ4n) is 4.20. The molecule has 0 saturated heterocycles. The molecular weight excluding hydrogens is 404 g/mol. The van der Waals surface area contributed by atoms with Crippen LogP contribution in [0.5, 0.6) is 0 Å². The van der Waals surface area contributed by atoms with Crippen molar-refractivity contribution in [2.24, 2.45) is 5.92 Å². The van der Waals surface area contributed by atoms with Crippen molar-refractivity contribution in [3.05, 3.63) is 77.2 Å². The maximum atomic E-state index is 14.4. The third-order valence-electron chi connectivity index (χ3n) is 5.88. The summed E-state index contributed by atoms with van der Waals surface area (Å²) in [6.07, 6.45) is 3.49. The van der Waals surface area contributed by atoms with Crippen LogP contribution < -0.4 is 10.2 Å². The van der Waals surface area contributed by atoms with Crippen molar-refractivity contribution in [3.8, 4) is 0 Å². The van der Waals surface area contributed by atoms with Crippen LogP contribution in [-0.4, -0.2) is 39.7 Å². The second kappa shape index (κ2) is 7.26. The van der Waals surface area contributed by atoms with Gasteiger partial charge in [-0.3, -0.25) is 19.2 Å². The van der Waals surface area contributed by atoms with E-state index in [1.807, 2.05) is 12.1 Å². The van der Waals surface area contributed by atoms with Gasteiger partial charge in [0.25, 0.3) is 11.8 Å². The first-order valence-electron chi connectivity index (χ1n) is 9.93. The van der Waals surface area contributed by atoms with Gasteiger partial charge in [-0.15, -0.1) is 0 Å². The van der Waals surface area contributed by atoms with E-state index in [4.69, 9.17) is 0 Å². The Morgan fingerprint density at radius 2 is 2.00 bits per heavy atom. The molecule has 2 aromatic heterocycles. The molecule has 0 bridgehead atoms. The molecule has 3 atom stereocenters. The smallest absolute Gasteiger partial charge is 0.275 e. The van der Waals surface area contributed by atoms with Gasteiger partial charge in [0, 0.05) is 13.2 Å². The van der Waals surface area contributed by atoms with E-state index in [0.717, 1.165) is 18.2 Å². The van der Waals surface area contributed by atoms with Crippen LogP contribution in [0.2, 0.25) is 0 Å². The van der Waals surface area contributed by atoms with E-state index >= 15 is 0 Å². The number of benzene rings is 1. The summed E-state index contributed by atoms with van der Waals surface area (Å²) in [5.74, 6) is -1.53. The van der Waals surface area contributed by atoms with Crippen LogP contribution in [0.15, 0.2) is 48.8 Å². The number of nitrogens with zero attached hydrogens (tertiary/aromatic N) is 4. The molecule has 9 heteroatoms. The van der Waals surface area contributed by atoms with Gasteiger partial charge in [-0.2, -0.15) is 5.10 Å². The summed E-state index contributed by atoms with van der Waals surface area (Å²) in [5.41, 5.74) is 1.31. The van der Waals surface area contributed by atoms with E-state index in [9.17, 15) is 18.4 Å². The fourth-order valence-corrected chi connectivity index (χ4v) is 4.20. The highest BCUT2D eigenvalue weighted by Crippen LogP contribution is 2.53. The van der Waals surface area contributed by atoms with Gasteiger partial charge in [0.15, 0.2) is 11.5 Å². The van der Waals surface area contributed by atoms with Crippen molar-refractivity contribution in [2.75, 3.05) is 11.9 Å². The third-order valence-corrected chi connectivity index (χ3v) is 5.88. The monoisotopic (exact) mass is 423 g/mol. The first-order valence-corrected chi connectivity index (χ1v) is 9.93. The molecule has 5 rings (SSSR count). The highest BCUT2D eigenvalue weighted by atomic mass is 19.1. The van der Waals surface area contributed by atoms with Crippen molar-refractivity contribution in [2.45, 2.75) is 24.9 Å². The molecule has 7 nitrogen and oxygen atoms in total. The predicted octanol–water partition coefficient (Wildman–Crippen LogP) is 2.48. The Bertz CT molecular complexity index is 1180. The number of rotatable bonds is 4. The number of hydrogen-bond acceptors (Lipinski definition) is 4. The fraction of sp³-hybridized carbons (Fsp3) is 0.273. The van der Waals surface area contributed by atoms with Gasteiger partial charge in [-0.1, -0.05) is 18.2 Å². The van der Waals surface area contributed by atoms with Gasteiger partial charge < -0.3 is 5.32 Å². The number of carbonyl (C=O) groups excluding carboxylic acids is 2. The zero-order valence-electron chi connectivity index (χ0n) is 16.6. The van der Waals surface area contributed by atoms with Crippen LogP contribution in [-0.2, 0) is 11.3 Å². The first kappa shape index (κ1) is 19.3. The first-order chi connectivity index (χ1) is 14.9. The number of nitrogens with one attached hydrogen (secondary N) is 1. The Kier molecular flexibility index (Phi) is 4.53. The Balaban J connectivity index is 1.34. The van der Waals surface area contributed by atoms with E-state index in [1.165, 1.54) is 21.7 Å². The summed E-state index contributed by atoms with van der Waals surface area (Å²) in [4.78, 5) is 31.5. The second-order valence-corrected chi connectivity index (χ2v) is 7.92. The van der Waals surface area contributed by atoms with E-state index in [0.29, 0.717) is 11.4 Å². The number of pyridine rings is 1. The minimum absolute atomic E-state index is 0.0614. The molecule has 3 heterocycles. The largest absolute Gasteiger partial charge is 0.338 e. The number of aromatic nitrogens is 3. The van der Waals surface area contributed by atoms with Crippen molar-refractivity contribution in [1.29, 1.82) is 0 Å². The summed E-state index contributed by atoms with van der Waals surface area (Å²) in [7, 11) is 1.62. The lowest BCUT2D eigenvalue weighted by molar-refractivity contribution is -0.120. The summed E-state index contributed by atoms with van der Waals surface area (Å²) < 4.78 is 28.8. The van der Waals surface area contributed by atoms with Crippen molar-refractivity contribution in [3.63, 3.8) is 0 Å². The van der Waals surface area contributed by atoms with Crippen LogP contribution in [0.1, 0.15) is 34.0 Å². The molecule has 1 N–H and O–H groups in total. The highest BCUT2D eigenvalue weighted by Gasteiger charge is 2.52. The average Bonchev–Trinajstić information content (AvgIpc) is 3.48. The normalized spacial score (nSPS) is 21.8. The highest BCUT2D eigenvalue weighted by molar-refractivity contribution is 6.02. The second-order valence-electron chi connectivity index (χ2n) is 7.92. The molecule has 2 aliphatic rings. The predicted molar refractivity (Wildman–Crippen MR) is 107 cm³/mol. The number of fused-ring (bicyclic) bond motifs is 3.